The van der Waals surface area contributed by atoms with Crippen LogP contribution in [-0.2, 0) is 6.42 Å². The lowest BCUT2D eigenvalue weighted by molar-refractivity contribution is 0.0946. The average Bonchev–Trinajstić information content (AvgIpc) is 3.03. The van der Waals surface area contributed by atoms with Gasteiger partial charge in [0.25, 0.3) is 5.91 Å². The SMILES string of the molecule is Nc1ccc(-c2nccc(-c3cc4c([nH]3)CCNC4=O)n2)cc1Cl. The molecule has 24 heavy (non-hydrogen) atoms. The van der Waals surface area contributed by atoms with Crippen LogP contribution in [0, 0.1) is 0 Å². The van der Waals surface area contributed by atoms with E-state index in [1.807, 2.05) is 12.1 Å². The number of aromatic amines is 1. The van der Waals surface area contributed by atoms with Gasteiger partial charge >= 0.3 is 0 Å². The Morgan fingerprint density at radius 3 is 2.88 bits per heavy atom. The first-order chi connectivity index (χ1) is 11.6. The van der Waals surface area contributed by atoms with E-state index in [0.29, 0.717) is 28.6 Å². The van der Waals surface area contributed by atoms with E-state index in [-0.39, 0.29) is 5.91 Å². The number of hydrogen-bond acceptors (Lipinski definition) is 4. The van der Waals surface area contributed by atoms with Gasteiger partial charge in [-0.15, -0.1) is 0 Å². The summed E-state index contributed by atoms with van der Waals surface area (Å²) >= 11 is 6.07. The normalized spacial score (nSPS) is 13.5. The Hall–Kier alpha value is -2.86. The lowest BCUT2D eigenvalue weighted by Crippen LogP contribution is -2.31. The summed E-state index contributed by atoms with van der Waals surface area (Å²) in [5, 5.41) is 3.30. The van der Waals surface area contributed by atoms with Crippen LogP contribution in [0.5, 0.6) is 0 Å². The summed E-state index contributed by atoms with van der Waals surface area (Å²) in [7, 11) is 0. The van der Waals surface area contributed by atoms with E-state index in [4.69, 9.17) is 17.3 Å². The number of halogens is 1. The van der Waals surface area contributed by atoms with Crippen LogP contribution in [0.2, 0.25) is 5.02 Å². The number of rotatable bonds is 2. The van der Waals surface area contributed by atoms with Gasteiger partial charge in [-0.1, -0.05) is 11.6 Å². The monoisotopic (exact) mass is 339 g/mol. The molecule has 0 bridgehead atoms. The van der Waals surface area contributed by atoms with Crippen molar-refractivity contribution >= 4 is 23.2 Å². The smallest absolute Gasteiger partial charge is 0.253 e. The zero-order valence-electron chi connectivity index (χ0n) is 12.6. The molecule has 1 aliphatic rings. The molecule has 6 nitrogen and oxygen atoms in total. The number of aromatic nitrogens is 3. The molecule has 2 aromatic heterocycles. The zero-order chi connectivity index (χ0) is 16.7. The van der Waals surface area contributed by atoms with Crippen LogP contribution in [0.1, 0.15) is 16.1 Å². The summed E-state index contributed by atoms with van der Waals surface area (Å²) in [6, 6.07) is 8.92. The number of nitrogens with two attached hydrogens (primary N) is 1. The third-order valence-corrected chi connectivity index (χ3v) is 4.32. The van der Waals surface area contributed by atoms with Crippen LogP contribution < -0.4 is 11.1 Å². The number of hydrogen-bond donors (Lipinski definition) is 3. The van der Waals surface area contributed by atoms with Crippen molar-refractivity contribution < 1.29 is 4.79 Å². The Kier molecular flexibility index (Phi) is 3.46. The zero-order valence-corrected chi connectivity index (χ0v) is 13.4. The van der Waals surface area contributed by atoms with Crippen LogP contribution in [0.15, 0.2) is 36.5 Å². The summed E-state index contributed by atoms with van der Waals surface area (Å²) < 4.78 is 0. The molecule has 120 valence electrons. The highest BCUT2D eigenvalue weighted by Gasteiger charge is 2.20. The van der Waals surface area contributed by atoms with E-state index < -0.39 is 0 Å². The fourth-order valence-corrected chi connectivity index (χ4v) is 2.93. The number of H-pyrrole nitrogens is 1. The second kappa shape index (κ2) is 5.65. The topological polar surface area (TPSA) is 96.7 Å². The predicted molar refractivity (Wildman–Crippen MR) is 92.7 cm³/mol. The van der Waals surface area contributed by atoms with Gasteiger partial charge in [-0.3, -0.25) is 4.79 Å². The molecule has 0 atom stereocenters. The van der Waals surface area contributed by atoms with Gasteiger partial charge in [0, 0.05) is 30.4 Å². The largest absolute Gasteiger partial charge is 0.398 e. The number of nitrogens with one attached hydrogen (secondary N) is 2. The summed E-state index contributed by atoms with van der Waals surface area (Å²) in [5.74, 6) is 0.491. The number of fused-ring (bicyclic) bond motifs is 1. The third kappa shape index (κ3) is 2.51. The minimum atomic E-state index is -0.0571. The standard InChI is InChI=1S/C17H14ClN5O/c18-11-7-9(1-2-12(11)19)16-20-5-4-14(23-16)15-8-10-13(22-15)3-6-21-17(10)24/h1-2,4-5,7-8,22H,3,6,19H2,(H,21,24). The number of nitrogen functional groups attached to an aromatic ring is 1. The first-order valence-electron chi connectivity index (χ1n) is 7.51. The number of nitrogens with zero attached hydrogens (tertiary/aromatic N) is 2. The number of carbonyl (C=O) groups is 1. The summed E-state index contributed by atoms with van der Waals surface area (Å²) in [6.07, 6.45) is 2.47. The van der Waals surface area contributed by atoms with Crippen molar-refractivity contribution in [3.05, 3.63) is 52.8 Å². The summed E-state index contributed by atoms with van der Waals surface area (Å²) in [5.41, 5.74) is 10.2. The molecule has 4 N–H and O–H groups in total. The molecule has 0 saturated heterocycles. The second-order valence-corrected chi connectivity index (χ2v) is 5.99. The molecule has 3 heterocycles. The van der Waals surface area contributed by atoms with Crippen molar-refractivity contribution in [2.45, 2.75) is 6.42 Å². The molecule has 0 spiro atoms. The van der Waals surface area contributed by atoms with Gasteiger partial charge in [-0.05, 0) is 30.3 Å². The van der Waals surface area contributed by atoms with Gasteiger partial charge in [-0.2, -0.15) is 0 Å². The van der Waals surface area contributed by atoms with Crippen LogP contribution in [0.3, 0.4) is 0 Å². The molecule has 0 fully saturated rings. The van der Waals surface area contributed by atoms with Crippen molar-refractivity contribution in [2.24, 2.45) is 0 Å². The highest BCUT2D eigenvalue weighted by molar-refractivity contribution is 6.33. The summed E-state index contributed by atoms with van der Waals surface area (Å²) in [4.78, 5) is 24.1. The van der Waals surface area contributed by atoms with Gasteiger partial charge in [0.1, 0.15) is 0 Å². The molecule has 0 saturated carbocycles. The lowest BCUT2D eigenvalue weighted by atomic mass is 10.1. The van der Waals surface area contributed by atoms with Gasteiger partial charge in [-0.25, -0.2) is 9.97 Å². The first-order valence-corrected chi connectivity index (χ1v) is 7.88. The lowest BCUT2D eigenvalue weighted by Gasteiger charge is -2.10. The first kappa shape index (κ1) is 14.7. The van der Waals surface area contributed by atoms with E-state index >= 15 is 0 Å². The van der Waals surface area contributed by atoms with E-state index in [1.165, 1.54) is 0 Å². The minimum absolute atomic E-state index is 0.0571. The molecule has 0 radical (unpaired) electrons. The third-order valence-electron chi connectivity index (χ3n) is 3.99. The number of carbonyl (C=O) groups excluding carboxylic acids is 1. The van der Waals surface area contributed by atoms with E-state index in [0.717, 1.165) is 29.1 Å². The van der Waals surface area contributed by atoms with Gasteiger partial charge in [0.15, 0.2) is 5.82 Å². The van der Waals surface area contributed by atoms with Crippen LogP contribution in [0.4, 0.5) is 5.69 Å². The molecule has 1 aromatic carbocycles. The van der Waals surface area contributed by atoms with Gasteiger partial charge < -0.3 is 16.0 Å². The maximum atomic E-state index is 11.9. The molecule has 0 aliphatic carbocycles. The molecule has 0 unspecified atom stereocenters. The van der Waals surface area contributed by atoms with Crippen molar-refractivity contribution in [2.75, 3.05) is 12.3 Å². The van der Waals surface area contributed by atoms with E-state index in [1.54, 1.807) is 24.4 Å². The minimum Gasteiger partial charge on any atom is -0.398 e. The Morgan fingerprint density at radius 2 is 2.08 bits per heavy atom. The number of benzene rings is 1. The highest BCUT2D eigenvalue weighted by Crippen LogP contribution is 2.27. The average molecular weight is 340 g/mol. The van der Waals surface area contributed by atoms with Crippen LogP contribution >= 0.6 is 11.6 Å². The second-order valence-electron chi connectivity index (χ2n) is 5.58. The molecule has 4 rings (SSSR count). The van der Waals surface area contributed by atoms with Crippen molar-refractivity contribution in [1.29, 1.82) is 0 Å². The maximum absolute atomic E-state index is 11.9. The van der Waals surface area contributed by atoms with Crippen molar-refractivity contribution in [3.8, 4) is 22.8 Å². The number of amides is 1. The van der Waals surface area contributed by atoms with E-state index in [9.17, 15) is 4.79 Å². The van der Waals surface area contributed by atoms with Crippen LogP contribution in [0.25, 0.3) is 22.8 Å². The molecular weight excluding hydrogens is 326 g/mol. The Morgan fingerprint density at radius 1 is 1.21 bits per heavy atom. The molecule has 7 heteroatoms. The molecular formula is C17H14ClN5O. The maximum Gasteiger partial charge on any atom is 0.253 e. The molecule has 1 aliphatic heterocycles. The summed E-state index contributed by atoms with van der Waals surface area (Å²) in [6.45, 7) is 0.644. The molecule has 1 amide bonds. The van der Waals surface area contributed by atoms with Gasteiger partial charge in [0.2, 0.25) is 0 Å². The molecule has 3 aromatic rings. The van der Waals surface area contributed by atoms with Crippen molar-refractivity contribution in [1.82, 2.24) is 20.3 Å². The predicted octanol–water partition coefficient (Wildman–Crippen LogP) is 2.66. The quantitative estimate of drug-likeness (QED) is 0.625. The Labute approximate surface area is 143 Å². The highest BCUT2D eigenvalue weighted by atomic mass is 35.5. The number of anilines is 1. The van der Waals surface area contributed by atoms with Crippen molar-refractivity contribution in [3.63, 3.8) is 0 Å². The van der Waals surface area contributed by atoms with Gasteiger partial charge in [0.05, 0.1) is 27.7 Å². The fourth-order valence-electron chi connectivity index (χ4n) is 2.75. The van der Waals surface area contributed by atoms with Crippen LogP contribution in [-0.4, -0.2) is 27.4 Å². The Bertz CT molecular complexity index is 950. The fraction of sp³-hybridized carbons (Fsp3) is 0.118. The Balaban J connectivity index is 1.75. The van der Waals surface area contributed by atoms with E-state index in [2.05, 4.69) is 20.3 Å².